The maximum atomic E-state index is 6.13. The van der Waals surface area contributed by atoms with Crippen molar-refractivity contribution in [2.45, 2.75) is 6.04 Å². The highest BCUT2D eigenvalue weighted by molar-refractivity contribution is 7.80. The second-order valence-electron chi connectivity index (χ2n) is 3.99. The van der Waals surface area contributed by atoms with Crippen molar-refractivity contribution >= 4 is 57.8 Å². The molecule has 0 amide bonds. The lowest BCUT2D eigenvalue weighted by Gasteiger charge is -2.28. The summed E-state index contributed by atoms with van der Waals surface area (Å²) in [5.74, 6) is 0. The average Bonchev–Trinajstić information content (AvgIpc) is 3.01. The quantitative estimate of drug-likeness (QED) is 0.650. The van der Waals surface area contributed by atoms with Gasteiger partial charge in [-0.15, -0.1) is 0 Å². The van der Waals surface area contributed by atoms with Crippen molar-refractivity contribution in [2.75, 3.05) is 0 Å². The van der Waals surface area contributed by atoms with Crippen LogP contribution in [0, 0.1) is 0 Å². The summed E-state index contributed by atoms with van der Waals surface area (Å²) in [5, 5.41) is 7.25. The summed E-state index contributed by atoms with van der Waals surface area (Å²) in [7, 11) is 0. The van der Waals surface area contributed by atoms with E-state index in [9.17, 15) is 0 Å². The number of halogens is 2. The number of hydrogen-bond donors (Lipinski definition) is 2. The van der Waals surface area contributed by atoms with Gasteiger partial charge in [0.2, 0.25) is 0 Å². The Morgan fingerprint density at radius 2 is 2.26 bits per heavy atom. The molecule has 1 unspecified atom stereocenters. The van der Waals surface area contributed by atoms with E-state index < -0.39 is 0 Å². The van der Waals surface area contributed by atoms with E-state index in [2.05, 4.69) is 15.0 Å². The van der Waals surface area contributed by atoms with Crippen molar-refractivity contribution in [3.8, 4) is 0 Å². The van der Waals surface area contributed by atoms with Crippen LogP contribution in [0.4, 0.5) is 0 Å². The van der Waals surface area contributed by atoms with Crippen molar-refractivity contribution in [2.24, 2.45) is 0 Å². The van der Waals surface area contributed by atoms with E-state index in [-0.39, 0.29) is 6.04 Å². The molecule has 0 spiro atoms. The summed E-state index contributed by atoms with van der Waals surface area (Å²) in [5.41, 5.74) is 2.55. The van der Waals surface area contributed by atoms with E-state index in [0.717, 1.165) is 22.8 Å². The highest BCUT2D eigenvalue weighted by atomic mass is 35.5. The zero-order valence-electron chi connectivity index (χ0n) is 9.48. The van der Waals surface area contributed by atoms with Crippen molar-refractivity contribution in [1.29, 1.82) is 0 Å². The molecule has 0 saturated carbocycles. The Bertz CT molecular complexity index is 646. The number of nitrogens with one attached hydrogen (secondary N) is 2. The maximum absolute atomic E-state index is 6.13. The highest BCUT2D eigenvalue weighted by Gasteiger charge is 2.20. The van der Waals surface area contributed by atoms with Gasteiger partial charge in [-0.1, -0.05) is 23.2 Å². The van der Waals surface area contributed by atoms with Gasteiger partial charge >= 0.3 is 0 Å². The molecule has 0 radical (unpaired) electrons. The molecule has 1 aromatic carbocycles. The van der Waals surface area contributed by atoms with Crippen LogP contribution >= 0.6 is 47.0 Å². The van der Waals surface area contributed by atoms with Crippen molar-refractivity contribution in [3.63, 3.8) is 0 Å². The van der Waals surface area contributed by atoms with E-state index in [4.69, 9.17) is 35.4 Å². The Morgan fingerprint density at radius 1 is 1.42 bits per heavy atom. The smallest absolute Gasteiger partial charge is 0.170 e. The van der Waals surface area contributed by atoms with E-state index >= 15 is 0 Å². The second kappa shape index (κ2) is 5.17. The third-order valence-electron chi connectivity index (χ3n) is 2.77. The SMILES string of the molecule is S=C1NC(c2nsc(Cl)c2Cl)=CC(c2cc[cH-]c2)N1. The molecule has 1 aromatic heterocycles. The molecule has 3 nitrogen and oxygen atoms in total. The maximum Gasteiger partial charge on any atom is 0.170 e. The molecule has 0 bridgehead atoms. The van der Waals surface area contributed by atoms with Crippen LogP contribution in [0.15, 0.2) is 30.3 Å². The summed E-state index contributed by atoms with van der Waals surface area (Å²) in [4.78, 5) is 0. The Morgan fingerprint density at radius 3 is 2.89 bits per heavy atom. The zero-order chi connectivity index (χ0) is 13.4. The molecule has 2 N–H and O–H groups in total. The van der Waals surface area contributed by atoms with Gasteiger partial charge in [0.25, 0.3) is 0 Å². The van der Waals surface area contributed by atoms with Crippen LogP contribution in [0.25, 0.3) is 5.70 Å². The van der Waals surface area contributed by atoms with E-state index in [1.165, 1.54) is 0 Å². The summed E-state index contributed by atoms with van der Waals surface area (Å²) >= 11 is 18.5. The molecule has 3 rings (SSSR count). The normalized spacial score (nSPS) is 18.7. The van der Waals surface area contributed by atoms with Crippen molar-refractivity contribution in [1.82, 2.24) is 15.0 Å². The fourth-order valence-electron chi connectivity index (χ4n) is 1.89. The standard InChI is InChI=1S/C12H8Cl2N3S2/c13-9-10(17-19-11(9)14)8-5-7(15-12(18)16-8)6-3-1-2-4-6/h1-5,7H,(H2,15,16,18)/q-1. The Balaban J connectivity index is 2.00. The van der Waals surface area contributed by atoms with E-state index in [1.54, 1.807) is 0 Å². The van der Waals surface area contributed by atoms with Crippen LogP contribution in [0.3, 0.4) is 0 Å². The van der Waals surface area contributed by atoms with Gasteiger partial charge in [-0.25, -0.2) is 6.07 Å². The lowest BCUT2D eigenvalue weighted by molar-refractivity contribution is 0.767. The van der Waals surface area contributed by atoms with E-state index in [1.807, 2.05) is 30.3 Å². The molecule has 0 fully saturated rings. The Kier molecular flexibility index (Phi) is 3.54. The zero-order valence-corrected chi connectivity index (χ0v) is 12.6. The first kappa shape index (κ1) is 13.0. The van der Waals surface area contributed by atoms with Gasteiger partial charge in [-0.3, -0.25) is 0 Å². The molecule has 1 atom stereocenters. The van der Waals surface area contributed by atoms with Gasteiger partial charge in [-0.2, -0.15) is 28.1 Å². The van der Waals surface area contributed by atoms with Gasteiger partial charge < -0.3 is 10.6 Å². The van der Waals surface area contributed by atoms with Crippen LogP contribution in [-0.4, -0.2) is 9.49 Å². The number of hydrogen-bond acceptors (Lipinski definition) is 3. The van der Waals surface area contributed by atoms with Crippen molar-refractivity contribution < 1.29 is 0 Å². The second-order valence-corrected chi connectivity index (χ2v) is 6.16. The first-order valence-electron chi connectivity index (χ1n) is 5.47. The van der Waals surface area contributed by atoms with Gasteiger partial charge in [-0.05, 0) is 29.8 Å². The molecule has 1 aliphatic heterocycles. The van der Waals surface area contributed by atoms with Crippen molar-refractivity contribution in [3.05, 3.63) is 51.0 Å². The Labute approximate surface area is 129 Å². The molecule has 98 valence electrons. The van der Waals surface area contributed by atoms with Gasteiger partial charge in [0.05, 0.1) is 10.7 Å². The number of thiocarbonyl (C=S) groups is 1. The van der Waals surface area contributed by atoms with Crippen LogP contribution in [0.1, 0.15) is 17.3 Å². The largest absolute Gasteiger partial charge is 0.364 e. The minimum atomic E-state index is 0.00953. The molecule has 2 heterocycles. The van der Waals surface area contributed by atoms with Crippen LogP contribution in [0.5, 0.6) is 0 Å². The third-order valence-corrected chi connectivity index (χ3v) is 4.60. The van der Waals surface area contributed by atoms with E-state index in [0.29, 0.717) is 20.2 Å². The first-order chi connectivity index (χ1) is 9.15. The molecular weight excluding hydrogens is 321 g/mol. The van der Waals surface area contributed by atoms with Gasteiger partial charge in [0, 0.05) is 6.04 Å². The van der Waals surface area contributed by atoms with Crippen LogP contribution in [0.2, 0.25) is 9.36 Å². The fraction of sp³-hybridized carbons (Fsp3) is 0.0833. The predicted octanol–water partition coefficient (Wildman–Crippen LogP) is 3.73. The molecule has 0 saturated heterocycles. The van der Waals surface area contributed by atoms with Gasteiger partial charge in [0.1, 0.15) is 10.0 Å². The minimum Gasteiger partial charge on any atom is -0.364 e. The molecule has 0 aliphatic carbocycles. The Hall–Kier alpha value is -1.01. The highest BCUT2D eigenvalue weighted by Crippen LogP contribution is 2.34. The van der Waals surface area contributed by atoms with Gasteiger partial charge in [0.15, 0.2) is 5.11 Å². The molecule has 7 heteroatoms. The number of rotatable bonds is 2. The lowest BCUT2D eigenvalue weighted by Crippen LogP contribution is -2.40. The monoisotopic (exact) mass is 328 g/mol. The number of nitrogens with zero attached hydrogens (tertiary/aromatic N) is 1. The first-order valence-corrected chi connectivity index (χ1v) is 7.41. The summed E-state index contributed by atoms with van der Waals surface area (Å²) in [6.07, 6.45) is 2.00. The minimum absolute atomic E-state index is 0.00953. The molecule has 2 aromatic rings. The predicted molar refractivity (Wildman–Crippen MR) is 83.8 cm³/mol. The van der Waals surface area contributed by atoms with Crippen LogP contribution in [-0.2, 0) is 0 Å². The molecular formula is C12H8Cl2N3S2-. The average molecular weight is 329 g/mol. The lowest BCUT2D eigenvalue weighted by atomic mass is 10.1. The number of aromatic nitrogens is 1. The molecule has 19 heavy (non-hydrogen) atoms. The summed E-state index contributed by atoms with van der Waals surface area (Å²) in [6, 6.07) is 8.06. The molecule has 1 aliphatic rings. The summed E-state index contributed by atoms with van der Waals surface area (Å²) in [6.45, 7) is 0. The third kappa shape index (κ3) is 2.51. The fourth-order valence-corrected chi connectivity index (χ4v) is 3.16. The summed E-state index contributed by atoms with van der Waals surface area (Å²) < 4.78 is 4.73. The van der Waals surface area contributed by atoms with Crippen LogP contribution < -0.4 is 10.6 Å². The topological polar surface area (TPSA) is 37.0 Å².